The van der Waals surface area contributed by atoms with Crippen LogP contribution in [0.4, 0.5) is 20.3 Å². The molecular weight excluding hydrogens is 499 g/mol. The van der Waals surface area contributed by atoms with Crippen LogP contribution < -0.4 is 10.5 Å². The van der Waals surface area contributed by atoms with E-state index in [0.717, 1.165) is 12.1 Å². The van der Waals surface area contributed by atoms with E-state index in [2.05, 4.69) is 14.7 Å². The van der Waals surface area contributed by atoms with E-state index < -0.39 is 33.2 Å². The van der Waals surface area contributed by atoms with Gasteiger partial charge < -0.3 is 15.4 Å². The first-order valence-electron chi connectivity index (χ1n) is 9.20. The van der Waals surface area contributed by atoms with Crippen molar-refractivity contribution in [3.8, 4) is 11.1 Å². The average Bonchev–Trinajstić information content (AvgIpc) is 3.09. The van der Waals surface area contributed by atoms with Gasteiger partial charge in [0, 0.05) is 35.5 Å². The molecule has 0 radical (unpaired) electrons. The third-order valence-electron chi connectivity index (χ3n) is 4.89. The molecule has 0 bridgehead atoms. The van der Waals surface area contributed by atoms with E-state index >= 15 is 0 Å². The summed E-state index contributed by atoms with van der Waals surface area (Å²) in [7, 11) is -2.76. The lowest BCUT2D eigenvalue weighted by atomic mass is 10.0. The Morgan fingerprint density at radius 1 is 1.15 bits per heavy atom. The Balaban J connectivity index is 1.86. The summed E-state index contributed by atoms with van der Waals surface area (Å²) < 4.78 is 59.0. The first kappa shape index (κ1) is 23.2. The second-order valence-electron chi connectivity index (χ2n) is 7.07. The highest BCUT2D eigenvalue weighted by Crippen LogP contribution is 2.37. The van der Waals surface area contributed by atoms with Gasteiger partial charge in [-0.25, -0.2) is 27.2 Å². The second kappa shape index (κ2) is 8.41. The second-order valence-corrected chi connectivity index (χ2v) is 9.54. The van der Waals surface area contributed by atoms with Gasteiger partial charge in [0.25, 0.3) is 10.0 Å². The number of hydrogen-bond acceptors (Lipinski definition) is 6. The Labute approximate surface area is 196 Å². The van der Waals surface area contributed by atoms with Crippen molar-refractivity contribution in [2.45, 2.75) is 11.5 Å². The molecule has 0 aliphatic carbocycles. The number of nitrogens with one attached hydrogen (secondary N) is 1. The number of aliphatic hydroxyl groups excluding tert-OH is 1. The van der Waals surface area contributed by atoms with Gasteiger partial charge >= 0.3 is 0 Å². The van der Waals surface area contributed by atoms with Gasteiger partial charge in [-0.15, -0.1) is 0 Å². The monoisotopic (exact) mass is 513 g/mol. The molecule has 0 fully saturated rings. The van der Waals surface area contributed by atoms with Crippen molar-refractivity contribution in [2.75, 3.05) is 10.5 Å². The number of rotatable bonds is 5. The molecule has 0 aliphatic heterocycles. The van der Waals surface area contributed by atoms with Crippen molar-refractivity contribution in [2.24, 2.45) is 7.05 Å². The minimum absolute atomic E-state index is 0.0148. The molecule has 0 spiro atoms. The van der Waals surface area contributed by atoms with Crippen molar-refractivity contribution < 1.29 is 22.3 Å². The van der Waals surface area contributed by atoms with E-state index in [-0.39, 0.29) is 43.6 Å². The molecule has 4 aromatic rings. The number of aliphatic hydroxyl groups is 1. The average molecular weight is 514 g/mol. The number of benzene rings is 2. The Morgan fingerprint density at radius 3 is 2.58 bits per heavy atom. The Kier molecular flexibility index (Phi) is 5.91. The molecule has 2 aromatic carbocycles. The highest BCUT2D eigenvalue weighted by atomic mass is 35.5. The van der Waals surface area contributed by atoms with Gasteiger partial charge in [-0.1, -0.05) is 23.2 Å². The molecule has 0 saturated heterocycles. The quantitative estimate of drug-likeness (QED) is 0.369. The number of sulfonamides is 1. The van der Waals surface area contributed by atoms with Crippen molar-refractivity contribution in [3.63, 3.8) is 0 Å². The van der Waals surface area contributed by atoms with Crippen LogP contribution >= 0.6 is 23.2 Å². The fourth-order valence-corrected chi connectivity index (χ4v) is 5.39. The summed E-state index contributed by atoms with van der Waals surface area (Å²) >= 11 is 12.0. The smallest absolute Gasteiger partial charge is 0.263 e. The van der Waals surface area contributed by atoms with Crippen molar-refractivity contribution in [3.05, 3.63) is 64.0 Å². The molecule has 0 unspecified atom stereocenters. The predicted molar refractivity (Wildman–Crippen MR) is 121 cm³/mol. The fourth-order valence-electron chi connectivity index (χ4n) is 3.42. The molecular formula is C20H15Cl2F2N5O3S. The molecule has 172 valence electrons. The third-order valence-corrected chi connectivity index (χ3v) is 7.07. The van der Waals surface area contributed by atoms with Gasteiger partial charge in [-0.05, 0) is 23.8 Å². The zero-order chi connectivity index (χ0) is 24.1. The maximum Gasteiger partial charge on any atom is 0.263 e. The highest BCUT2D eigenvalue weighted by Gasteiger charge is 2.24. The number of aryl methyl sites for hydroxylation is 1. The Morgan fingerprint density at radius 2 is 1.88 bits per heavy atom. The highest BCUT2D eigenvalue weighted by molar-refractivity contribution is 7.92. The molecule has 0 saturated carbocycles. The number of nitrogens with zero attached hydrogens (tertiary/aromatic N) is 3. The molecule has 2 heterocycles. The van der Waals surface area contributed by atoms with Crippen molar-refractivity contribution >= 4 is 55.8 Å². The van der Waals surface area contributed by atoms with E-state index in [1.54, 1.807) is 11.6 Å². The van der Waals surface area contributed by atoms with Crippen LogP contribution in [-0.4, -0.2) is 28.1 Å². The van der Waals surface area contributed by atoms with Crippen LogP contribution in [0.2, 0.25) is 10.0 Å². The molecule has 2 aromatic heterocycles. The standard InChI is InChI=1S/C20H15Cl2F2N5O3S/c1-29-6-13(16-19(25)26-8-27-20(16)29)12-4-11(5-14(23)18(12)24)28-33(31,32)15-3-10(21)2-9(7-30)17(15)22/h2-6,8,28,30H,7H2,1H3,(H2,25,26,27). The van der Waals surface area contributed by atoms with Gasteiger partial charge in [0.1, 0.15) is 22.7 Å². The predicted octanol–water partition coefficient (Wildman–Crippen LogP) is 4.10. The lowest BCUT2D eigenvalue weighted by molar-refractivity contribution is 0.281. The van der Waals surface area contributed by atoms with E-state index in [0.29, 0.717) is 11.7 Å². The molecule has 0 atom stereocenters. The van der Waals surface area contributed by atoms with Gasteiger partial charge in [0.05, 0.1) is 22.7 Å². The van der Waals surface area contributed by atoms with Gasteiger partial charge in [-0.2, -0.15) is 0 Å². The first-order valence-corrected chi connectivity index (χ1v) is 11.4. The lowest BCUT2D eigenvalue weighted by Crippen LogP contribution is -2.15. The third kappa shape index (κ3) is 4.08. The van der Waals surface area contributed by atoms with E-state index in [1.165, 1.54) is 18.6 Å². The first-order chi connectivity index (χ1) is 15.5. The number of halogens is 4. The Bertz CT molecular complexity index is 1530. The fraction of sp³-hybridized carbons (Fsp3) is 0.100. The van der Waals surface area contributed by atoms with Crippen molar-refractivity contribution in [1.29, 1.82) is 0 Å². The summed E-state index contributed by atoms with van der Waals surface area (Å²) in [6.07, 6.45) is 2.71. The summed E-state index contributed by atoms with van der Waals surface area (Å²) in [6.45, 7) is -0.554. The summed E-state index contributed by atoms with van der Waals surface area (Å²) in [5.74, 6) is -2.47. The summed E-state index contributed by atoms with van der Waals surface area (Å²) in [6, 6.07) is 4.19. The zero-order valence-corrected chi connectivity index (χ0v) is 19.1. The van der Waals surface area contributed by atoms with Crippen LogP contribution in [0, 0.1) is 11.6 Å². The largest absolute Gasteiger partial charge is 0.392 e. The normalized spacial score (nSPS) is 11.8. The van der Waals surface area contributed by atoms with Gasteiger partial charge in [0.15, 0.2) is 11.6 Å². The SMILES string of the molecule is Cn1cc(-c2cc(NS(=O)(=O)c3cc(Cl)cc(CO)c3Cl)cc(F)c2F)c2c(N)ncnc21. The minimum atomic E-state index is -4.39. The maximum absolute atomic E-state index is 14.8. The van der Waals surface area contributed by atoms with Crippen LogP contribution in [-0.2, 0) is 23.7 Å². The van der Waals surface area contributed by atoms with E-state index in [1.807, 2.05) is 0 Å². The van der Waals surface area contributed by atoms with Gasteiger partial charge in [-0.3, -0.25) is 4.72 Å². The lowest BCUT2D eigenvalue weighted by Gasteiger charge is -2.14. The number of anilines is 2. The molecule has 8 nitrogen and oxygen atoms in total. The minimum Gasteiger partial charge on any atom is -0.392 e. The summed E-state index contributed by atoms with van der Waals surface area (Å²) in [4.78, 5) is 7.55. The number of aromatic nitrogens is 3. The van der Waals surface area contributed by atoms with Crippen molar-refractivity contribution in [1.82, 2.24) is 14.5 Å². The van der Waals surface area contributed by atoms with Crippen LogP contribution in [0.5, 0.6) is 0 Å². The number of nitrogen functional groups attached to an aromatic ring is 1. The molecule has 0 aliphatic rings. The molecule has 4 rings (SSSR count). The number of fused-ring (bicyclic) bond motifs is 1. The summed E-state index contributed by atoms with van der Waals surface area (Å²) in [5, 5.41) is 9.43. The van der Waals surface area contributed by atoms with E-state index in [4.69, 9.17) is 28.9 Å². The topological polar surface area (TPSA) is 123 Å². The Hall–Kier alpha value is -2.99. The zero-order valence-electron chi connectivity index (χ0n) is 16.8. The molecule has 4 N–H and O–H groups in total. The number of nitrogens with two attached hydrogens (primary N) is 1. The summed E-state index contributed by atoms with van der Waals surface area (Å²) in [5.41, 5.74) is 6.03. The van der Waals surface area contributed by atoms with Gasteiger partial charge in [0.2, 0.25) is 0 Å². The molecule has 33 heavy (non-hydrogen) atoms. The number of hydrogen-bond donors (Lipinski definition) is 3. The van der Waals surface area contributed by atoms with Crippen LogP contribution in [0.1, 0.15) is 5.56 Å². The van der Waals surface area contributed by atoms with Crippen LogP contribution in [0.25, 0.3) is 22.2 Å². The van der Waals surface area contributed by atoms with Crippen LogP contribution in [0.3, 0.4) is 0 Å². The van der Waals surface area contributed by atoms with E-state index in [9.17, 15) is 22.3 Å². The van der Waals surface area contributed by atoms with Crippen LogP contribution in [0.15, 0.2) is 41.7 Å². The molecule has 0 amide bonds. The molecule has 13 heteroatoms. The maximum atomic E-state index is 14.8.